The molecule has 1 aromatic carbocycles. The summed E-state index contributed by atoms with van der Waals surface area (Å²) in [5.74, 6) is 2.06. The Morgan fingerprint density at radius 1 is 1.39 bits per heavy atom. The third-order valence-corrected chi connectivity index (χ3v) is 3.96. The number of aryl methyl sites for hydroxylation is 1. The number of imidazole rings is 1. The van der Waals surface area contributed by atoms with Gasteiger partial charge in [-0.1, -0.05) is 6.42 Å². The summed E-state index contributed by atoms with van der Waals surface area (Å²) in [5, 5.41) is 0. The summed E-state index contributed by atoms with van der Waals surface area (Å²) >= 11 is 5.82. The lowest BCUT2D eigenvalue weighted by molar-refractivity contribution is 0.277. The average molecular weight is 267 g/mol. The predicted molar refractivity (Wildman–Crippen MR) is 71.5 cm³/mol. The van der Waals surface area contributed by atoms with E-state index in [0.29, 0.717) is 5.88 Å². The lowest BCUT2D eigenvalue weighted by Gasteiger charge is -2.26. The first-order valence-corrected chi connectivity index (χ1v) is 7.02. The molecule has 4 heteroatoms. The van der Waals surface area contributed by atoms with Gasteiger partial charge in [-0.05, 0) is 30.9 Å². The lowest BCUT2D eigenvalue weighted by atomic mass is 9.85. The molecule has 1 saturated carbocycles. The van der Waals surface area contributed by atoms with Gasteiger partial charge < -0.3 is 4.57 Å². The maximum absolute atomic E-state index is 13.2. The van der Waals surface area contributed by atoms with E-state index in [0.717, 1.165) is 35.7 Å². The first-order valence-electron chi connectivity index (χ1n) is 6.48. The zero-order valence-electron chi connectivity index (χ0n) is 10.2. The molecule has 1 aromatic heterocycles. The summed E-state index contributed by atoms with van der Waals surface area (Å²) in [7, 11) is 0. The Morgan fingerprint density at radius 2 is 2.22 bits per heavy atom. The summed E-state index contributed by atoms with van der Waals surface area (Å²) < 4.78 is 15.5. The second-order valence-corrected chi connectivity index (χ2v) is 5.39. The van der Waals surface area contributed by atoms with Crippen LogP contribution in [0.15, 0.2) is 18.2 Å². The van der Waals surface area contributed by atoms with Gasteiger partial charge >= 0.3 is 0 Å². The Bertz CT molecular complexity index is 560. The standard InChI is InChI=1S/C14H16ClFN2/c15-7-6-14-17-12-8-11(16)4-5-13(12)18(14)9-10-2-1-3-10/h4-5,8,10H,1-3,6-7,9H2. The van der Waals surface area contributed by atoms with Gasteiger partial charge in [-0.2, -0.15) is 0 Å². The molecule has 2 nitrogen and oxygen atoms in total. The summed E-state index contributed by atoms with van der Waals surface area (Å²) in [4.78, 5) is 4.51. The number of hydrogen-bond acceptors (Lipinski definition) is 1. The van der Waals surface area contributed by atoms with Crippen molar-refractivity contribution in [3.63, 3.8) is 0 Å². The Kier molecular flexibility index (Phi) is 3.25. The molecule has 0 spiro atoms. The van der Waals surface area contributed by atoms with E-state index in [1.807, 2.05) is 6.07 Å². The lowest BCUT2D eigenvalue weighted by Crippen LogP contribution is -2.19. The molecule has 96 valence electrons. The fourth-order valence-electron chi connectivity index (χ4n) is 2.57. The minimum Gasteiger partial charge on any atom is -0.328 e. The Hall–Kier alpha value is -1.09. The summed E-state index contributed by atoms with van der Waals surface area (Å²) in [6, 6.07) is 4.84. The fourth-order valence-corrected chi connectivity index (χ4v) is 2.73. The minimum atomic E-state index is -0.229. The van der Waals surface area contributed by atoms with Crippen LogP contribution in [0.5, 0.6) is 0 Å². The molecule has 2 aromatic rings. The molecule has 0 saturated heterocycles. The number of fused-ring (bicyclic) bond motifs is 1. The Labute approximate surface area is 111 Å². The Balaban J connectivity index is 2.02. The van der Waals surface area contributed by atoms with Crippen LogP contribution < -0.4 is 0 Å². The van der Waals surface area contributed by atoms with Gasteiger partial charge in [0.05, 0.1) is 11.0 Å². The van der Waals surface area contributed by atoms with E-state index in [-0.39, 0.29) is 5.82 Å². The quantitative estimate of drug-likeness (QED) is 0.771. The van der Waals surface area contributed by atoms with Gasteiger partial charge in [-0.3, -0.25) is 0 Å². The van der Waals surface area contributed by atoms with Crippen LogP contribution >= 0.6 is 11.6 Å². The highest BCUT2D eigenvalue weighted by Crippen LogP contribution is 2.30. The molecular formula is C14H16ClFN2. The molecule has 0 bridgehead atoms. The van der Waals surface area contributed by atoms with E-state index >= 15 is 0 Å². The number of halogens is 2. The molecule has 3 rings (SSSR count). The molecule has 0 atom stereocenters. The Morgan fingerprint density at radius 3 is 2.89 bits per heavy atom. The van der Waals surface area contributed by atoms with Crippen molar-refractivity contribution < 1.29 is 4.39 Å². The predicted octanol–water partition coefficient (Wildman–Crippen LogP) is 3.76. The smallest absolute Gasteiger partial charge is 0.125 e. The van der Waals surface area contributed by atoms with Crippen LogP contribution in [0.4, 0.5) is 4.39 Å². The number of hydrogen-bond donors (Lipinski definition) is 0. The van der Waals surface area contributed by atoms with Crippen molar-refractivity contribution in [2.24, 2.45) is 5.92 Å². The zero-order valence-corrected chi connectivity index (χ0v) is 11.0. The number of alkyl halides is 1. The van der Waals surface area contributed by atoms with Gasteiger partial charge in [-0.15, -0.1) is 11.6 Å². The third kappa shape index (κ3) is 2.12. The monoisotopic (exact) mass is 266 g/mol. The molecule has 0 radical (unpaired) electrons. The van der Waals surface area contributed by atoms with E-state index < -0.39 is 0 Å². The van der Waals surface area contributed by atoms with Gasteiger partial charge in [0, 0.05) is 24.9 Å². The van der Waals surface area contributed by atoms with Gasteiger partial charge in [0.1, 0.15) is 11.6 Å². The number of rotatable bonds is 4. The molecule has 1 aliphatic rings. The molecule has 0 amide bonds. The van der Waals surface area contributed by atoms with Gasteiger partial charge in [0.15, 0.2) is 0 Å². The van der Waals surface area contributed by atoms with Crippen molar-refractivity contribution in [1.82, 2.24) is 9.55 Å². The number of aromatic nitrogens is 2. The van der Waals surface area contributed by atoms with Crippen molar-refractivity contribution in [2.45, 2.75) is 32.2 Å². The van der Waals surface area contributed by atoms with Crippen molar-refractivity contribution in [3.05, 3.63) is 29.8 Å². The molecule has 0 unspecified atom stereocenters. The highest BCUT2D eigenvalue weighted by atomic mass is 35.5. The number of nitrogens with zero attached hydrogens (tertiary/aromatic N) is 2. The second-order valence-electron chi connectivity index (χ2n) is 5.01. The normalized spacial score (nSPS) is 16.1. The van der Waals surface area contributed by atoms with Crippen LogP contribution in [0.25, 0.3) is 11.0 Å². The second kappa shape index (κ2) is 4.88. The fraction of sp³-hybridized carbons (Fsp3) is 0.500. The molecule has 0 N–H and O–H groups in total. The van der Waals surface area contributed by atoms with Gasteiger partial charge in [-0.25, -0.2) is 9.37 Å². The third-order valence-electron chi connectivity index (χ3n) is 3.77. The van der Waals surface area contributed by atoms with Crippen LogP contribution in [0.1, 0.15) is 25.1 Å². The first-order chi connectivity index (χ1) is 8.78. The van der Waals surface area contributed by atoms with E-state index in [9.17, 15) is 4.39 Å². The van der Waals surface area contributed by atoms with Crippen molar-refractivity contribution >= 4 is 22.6 Å². The van der Waals surface area contributed by atoms with Crippen LogP contribution in [-0.4, -0.2) is 15.4 Å². The summed E-state index contributed by atoms with van der Waals surface area (Å²) in [6.07, 6.45) is 4.66. The highest BCUT2D eigenvalue weighted by Gasteiger charge is 2.20. The largest absolute Gasteiger partial charge is 0.328 e. The van der Waals surface area contributed by atoms with Crippen LogP contribution in [-0.2, 0) is 13.0 Å². The zero-order chi connectivity index (χ0) is 12.5. The minimum absolute atomic E-state index is 0.229. The summed E-state index contributed by atoms with van der Waals surface area (Å²) in [5.41, 5.74) is 1.78. The molecule has 1 heterocycles. The molecule has 18 heavy (non-hydrogen) atoms. The maximum atomic E-state index is 13.2. The van der Waals surface area contributed by atoms with Crippen molar-refractivity contribution in [2.75, 3.05) is 5.88 Å². The van der Waals surface area contributed by atoms with Crippen LogP contribution in [0.3, 0.4) is 0 Å². The van der Waals surface area contributed by atoms with E-state index in [2.05, 4.69) is 9.55 Å². The van der Waals surface area contributed by atoms with Crippen LogP contribution in [0.2, 0.25) is 0 Å². The van der Waals surface area contributed by atoms with E-state index in [1.54, 1.807) is 0 Å². The average Bonchev–Trinajstić information content (AvgIpc) is 2.61. The van der Waals surface area contributed by atoms with Gasteiger partial charge in [0.25, 0.3) is 0 Å². The summed E-state index contributed by atoms with van der Waals surface area (Å²) in [6.45, 7) is 0.994. The maximum Gasteiger partial charge on any atom is 0.125 e. The molecule has 0 aliphatic heterocycles. The molecule has 1 fully saturated rings. The van der Waals surface area contributed by atoms with E-state index in [4.69, 9.17) is 11.6 Å². The first kappa shape index (κ1) is 12.0. The SMILES string of the molecule is Fc1ccc2c(c1)nc(CCCl)n2CC1CCC1. The number of benzene rings is 1. The van der Waals surface area contributed by atoms with E-state index in [1.165, 1.54) is 31.4 Å². The molecule has 1 aliphatic carbocycles. The van der Waals surface area contributed by atoms with Crippen molar-refractivity contribution in [3.8, 4) is 0 Å². The van der Waals surface area contributed by atoms with Crippen molar-refractivity contribution in [1.29, 1.82) is 0 Å². The molecular weight excluding hydrogens is 251 g/mol. The van der Waals surface area contributed by atoms with Gasteiger partial charge in [0.2, 0.25) is 0 Å². The van der Waals surface area contributed by atoms with Crippen LogP contribution in [0, 0.1) is 11.7 Å². The topological polar surface area (TPSA) is 17.8 Å². The highest BCUT2D eigenvalue weighted by molar-refractivity contribution is 6.17.